The molecule has 0 aliphatic carbocycles. The highest BCUT2D eigenvalue weighted by Gasteiger charge is 2.14. The maximum atomic E-state index is 10.9. The second-order valence-corrected chi connectivity index (χ2v) is 2.97. The third-order valence-corrected chi connectivity index (χ3v) is 1.74. The van der Waals surface area contributed by atoms with Gasteiger partial charge in [-0.2, -0.15) is 0 Å². The number of carbonyl (C=O) groups is 2. The minimum Gasteiger partial charge on any atom is -0.481 e. The molecule has 0 rings (SSSR count). The molecule has 0 aromatic heterocycles. The predicted molar refractivity (Wildman–Crippen MR) is 51.8 cm³/mol. The Hall–Kier alpha value is -1.32. The van der Waals surface area contributed by atoms with E-state index in [1.54, 1.807) is 6.08 Å². The molecular weight excluding hydrogens is 184 g/mol. The average molecular weight is 200 g/mol. The molecule has 0 aliphatic rings. The quantitative estimate of drug-likeness (QED) is 0.522. The van der Waals surface area contributed by atoms with E-state index in [9.17, 15) is 9.59 Å². The number of carbonyl (C=O) groups excluding carboxylic acids is 1. The van der Waals surface area contributed by atoms with E-state index in [0.717, 1.165) is 6.42 Å². The lowest BCUT2D eigenvalue weighted by atomic mass is 10.0. The summed E-state index contributed by atoms with van der Waals surface area (Å²) < 4.78 is 4.48. The van der Waals surface area contributed by atoms with E-state index in [1.165, 1.54) is 7.11 Å². The lowest BCUT2D eigenvalue weighted by molar-refractivity contribution is -0.142. The third kappa shape index (κ3) is 6.22. The van der Waals surface area contributed by atoms with Crippen molar-refractivity contribution in [2.24, 2.45) is 5.92 Å². The maximum Gasteiger partial charge on any atom is 0.306 e. The zero-order valence-corrected chi connectivity index (χ0v) is 8.53. The van der Waals surface area contributed by atoms with Crippen molar-refractivity contribution in [2.45, 2.75) is 26.2 Å². The van der Waals surface area contributed by atoms with E-state index in [4.69, 9.17) is 5.11 Å². The van der Waals surface area contributed by atoms with Crippen LogP contribution in [-0.2, 0) is 14.3 Å². The molecule has 1 N–H and O–H groups in total. The Morgan fingerprint density at radius 3 is 2.50 bits per heavy atom. The van der Waals surface area contributed by atoms with Crippen molar-refractivity contribution in [1.82, 2.24) is 0 Å². The summed E-state index contributed by atoms with van der Waals surface area (Å²) in [6.07, 6.45) is 4.53. The first kappa shape index (κ1) is 12.7. The first-order valence-corrected chi connectivity index (χ1v) is 4.55. The molecule has 0 saturated carbocycles. The van der Waals surface area contributed by atoms with Crippen molar-refractivity contribution in [3.63, 3.8) is 0 Å². The Balaban J connectivity index is 4.16. The van der Waals surface area contributed by atoms with Gasteiger partial charge in [-0.05, 0) is 12.3 Å². The molecule has 4 heteroatoms. The fourth-order valence-electron chi connectivity index (χ4n) is 1.06. The Labute approximate surface area is 83.6 Å². The van der Waals surface area contributed by atoms with Crippen molar-refractivity contribution in [3.8, 4) is 0 Å². The third-order valence-electron chi connectivity index (χ3n) is 1.74. The summed E-state index contributed by atoms with van der Waals surface area (Å²) in [5.74, 6) is -1.54. The number of ether oxygens (including phenoxy) is 1. The zero-order chi connectivity index (χ0) is 11.0. The summed E-state index contributed by atoms with van der Waals surface area (Å²) in [6, 6.07) is 0. The van der Waals surface area contributed by atoms with Gasteiger partial charge in [-0.15, -0.1) is 0 Å². The minimum absolute atomic E-state index is 0.0361. The topological polar surface area (TPSA) is 63.6 Å². The van der Waals surface area contributed by atoms with Crippen molar-refractivity contribution in [3.05, 3.63) is 12.2 Å². The zero-order valence-electron chi connectivity index (χ0n) is 8.53. The second kappa shape index (κ2) is 7.12. The van der Waals surface area contributed by atoms with Crippen LogP contribution in [0.3, 0.4) is 0 Å². The highest BCUT2D eigenvalue weighted by molar-refractivity contribution is 5.72. The smallest absolute Gasteiger partial charge is 0.306 e. The van der Waals surface area contributed by atoms with Gasteiger partial charge in [0.15, 0.2) is 0 Å². The summed E-state index contributed by atoms with van der Waals surface area (Å²) in [4.78, 5) is 21.4. The van der Waals surface area contributed by atoms with Gasteiger partial charge in [-0.1, -0.05) is 19.1 Å². The molecule has 0 amide bonds. The van der Waals surface area contributed by atoms with Gasteiger partial charge in [-0.3, -0.25) is 9.59 Å². The molecule has 0 aromatic rings. The van der Waals surface area contributed by atoms with Crippen LogP contribution in [0.2, 0.25) is 0 Å². The van der Waals surface area contributed by atoms with Gasteiger partial charge in [-0.25, -0.2) is 0 Å². The van der Waals surface area contributed by atoms with Crippen molar-refractivity contribution < 1.29 is 19.4 Å². The van der Waals surface area contributed by atoms with Crippen molar-refractivity contribution in [1.29, 1.82) is 0 Å². The number of aliphatic carboxylic acids is 1. The fourth-order valence-corrected chi connectivity index (χ4v) is 1.06. The Kier molecular flexibility index (Phi) is 6.45. The van der Waals surface area contributed by atoms with Gasteiger partial charge < -0.3 is 9.84 Å². The molecule has 0 bridgehead atoms. The van der Waals surface area contributed by atoms with Crippen LogP contribution in [0.5, 0.6) is 0 Å². The number of carboxylic acids is 1. The number of rotatable bonds is 6. The van der Waals surface area contributed by atoms with Gasteiger partial charge in [0.05, 0.1) is 20.0 Å². The highest BCUT2D eigenvalue weighted by atomic mass is 16.5. The van der Waals surface area contributed by atoms with Crippen LogP contribution in [0.4, 0.5) is 0 Å². The van der Waals surface area contributed by atoms with Crippen LogP contribution in [0.15, 0.2) is 12.2 Å². The number of hydrogen-bond donors (Lipinski definition) is 1. The Morgan fingerprint density at radius 1 is 1.43 bits per heavy atom. The van der Waals surface area contributed by atoms with E-state index < -0.39 is 5.97 Å². The van der Waals surface area contributed by atoms with Crippen LogP contribution in [-0.4, -0.2) is 24.2 Å². The van der Waals surface area contributed by atoms with E-state index in [1.807, 2.05) is 13.0 Å². The Morgan fingerprint density at radius 2 is 2.07 bits per heavy atom. The summed E-state index contributed by atoms with van der Waals surface area (Å²) in [7, 11) is 1.30. The standard InChI is InChI=1S/C10H16O4/c1-3-4-5-8(6-9(11)12)7-10(13)14-2/h4-5,8H,3,6-7H2,1-2H3,(H,11,12)/b5-4+. The first-order valence-electron chi connectivity index (χ1n) is 4.55. The molecule has 0 spiro atoms. The second-order valence-electron chi connectivity index (χ2n) is 2.97. The molecule has 0 aliphatic heterocycles. The van der Waals surface area contributed by atoms with Crippen LogP contribution in [0, 0.1) is 5.92 Å². The molecule has 1 unspecified atom stereocenters. The average Bonchev–Trinajstić information content (AvgIpc) is 2.13. The monoisotopic (exact) mass is 200 g/mol. The largest absolute Gasteiger partial charge is 0.481 e. The summed E-state index contributed by atoms with van der Waals surface area (Å²) in [5, 5.41) is 8.58. The Bertz CT molecular complexity index is 220. The van der Waals surface area contributed by atoms with Crippen LogP contribution >= 0.6 is 0 Å². The van der Waals surface area contributed by atoms with E-state index in [2.05, 4.69) is 4.74 Å². The van der Waals surface area contributed by atoms with E-state index in [-0.39, 0.29) is 24.7 Å². The number of methoxy groups -OCH3 is 1. The molecule has 0 heterocycles. The molecule has 1 atom stereocenters. The number of carboxylic acid groups (broad SMARTS) is 1. The molecule has 0 saturated heterocycles. The number of esters is 1. The predicted octanol–water partition coefficient (Wildman–Crippen LogP) is 1.61. The summed E-state index contributed by atoms with van der Waals surface area (Å²) in [5.41, 5.74) is 0. The minimum atomic E-state index is -0.903. The van der Waals surface area contributed by atoms with Gasteiger partial charge in [0, 0.05) is 0 Å². The molecular formula is C10H16O4. The van der Waals surface area contributed by atoms with Crippen LogP contribution in [0.25, 0.3) is 0 Å². The van der Waals surface area contributed by atoms with Gasteiger partial charge in [0.25, 0.3) is 0 Å². The lowest BCUT2D eigenvalue weighted by Crippen LogP contribution is -2.12. The molecule has 80 valence electrons. The normalized spacial score (nSPS) is 12.7. The van der Waals surface area contributed by atoms with Crippen LogP contribution in [0.1, 0.15) is 26.2 Å². The first-order chi connectivity index (χ1) is 6.60. The molecule has 4 nitrogen and oxygen atoms in total. The highest BCUT2D eigenvalue weighted by Crippen LogP contribution is 2.11. The number of allylic oxidation sites excluding steroid dienone is 2. The van der Waals surface area contributed by atoms with E-state index >= 15 is 0 Å². The fraction of sp³-hybridized carbons (Fsp3) is 0.600. The molecule has 0 fully saturated rings. The molecule has 0 radical (unpaired) electrons. The van der Waals surface area contributed by atoms with Gasteiger partial charge >= 0.3 is 11.9 Å². The van der Waals surface area contributed by atoms with Crippen LogP contribution < -0.4 is 0 Å². The molecule has 0 aromatic carbocycles. The van der Waals surface area contributed by atoms with E-state index in [0.29, 0.717) is 0 Å². The summed E-state index contributed by atoms with van der Waals surface area (Å²) in [6.45, 7) is 1.95. The van der Waals surface area contributed by atoms with Crippen molar-refractivity contribution in [2.75, 3.05) is 7.11 Å². The lowest BCUT2D eigenvalue weighted by Gasteiger charge is -2.07. The summed E-state index contributed by atoms with van der Waals surface area (Å²) >= 11 is 0. The maximum absolute atomic E-state index is 10.9. The van der Waals surface area contributed by atoms with Gasteiger partial charge in [0.1, 0.15) is 0 Å². The SMILES string of the molecule is CC/C=C/C(CC(=O)O)CC(=O)OC. The number of hydrogen-bond acceptors (Lipinski definition) is 3. The molecule has 14 heavy (non-hydrogen) atoms. The van der Waals surface area contributed by atoms with Gasteiger partial charge in [0.2, 0.25) is 0 Å². The van der Waals surface area contributed by atoms with Crippen molar-refractivity contribution >= 4 is 11.9 Å².